The van der Waals surface area contributed by atoms with Crippen molar-refractivity contribution in [2.24, 2.45) is 0 Å². The maximum Gasteiger partial charge on any atom is 0.224 e. The first-order chi connectivity index (χ1) is 13.0. The number of rotatable bonds is 4. The summed E-state index contributed by atoms with van der Waals surface area (Å²) in [5, 5.41) is 36.8. The first-order valence-electron chi connectivity index (χ1n) is 9.23. The van der Waals surface area contributed by atoms with Gasteiger partial charge in [0, 0.05) is 36.6 Å². The Morgan fingerprint density at radius 1 is 1.33 bits per heavy atom. The van der Waals surface area contributed by atoms with Gasteiger partial charge in [0.2, 0.25) is 5.91 Å². The molecule has 3 atom stereocenters. The SMILES string of the molecule is O=C1CCc2cc([C@@H](O)CN3CCC(O)(c4cccs4)C(O)C3)ccc2N1. The number of thiophene rings is 1. The van der Waals surface area contributed by atoms with Crippen LogP contribution in [-0.2, 0) is 16.8 Å². The van der Waals surface area contributed by atoms with Crippen LogP contribution in [0.15, 0.2) is 35.7 Å². The van der Waals surface area contributed by atoms with Crippen LogP contribution in [0.1, 0.15) is 34.9 Å². The van der Waals surface area contributed by atoms with Gasteiger partial charge in [-0.1, -0.05) is 18.2 Å². The molecule has 1 aromatic heterocycles. The number of piperidine rings is 1. The van der Waals surface area contributed by atoms with Crippen molar-refractivity contribution in [1.29, 1.82) is 0 Å². The summed E-state index contributed by atoms with van der Waals surface area (Å²) in [5.74, 6) is 0.0244. The third kappa shape index (κ3) is 3.66. The number of anilines is 1. The zero-order chi connectivity index (χ0) is 19.0. The van der Waals surface area contributed by atoms with Crippen LogP contribution in [-0.4, -0.2) is 51.9 Å². The number of likely N-dealkylation sites (tertiary alicyclic amines) is 1. The molecule has 0 bridgehead atoms. The highest BCUT2D eigenvalue weighted by Crippen LogP contribution is 2.36. The summed E-state index contributed by atoms with van der Waals surface area (Å²) in [4.78, 5) is 14.2. The molecule has 2 aliphatic rings. The lowest BCUT2D eigenvalue weighted by Crippen LogP contribution is -2.53. The minimum absolute atomic E-state index is 0.0244. The molecular formula is C20H24N2O4S. The first-order valence-corrected chi connectivity index (χ1v) is 10.1. The normalized spacial score (nSPS) is 27.1. The van der Waals surface area contributed by atoms with Gasteiger partial charge in [0.05, 0.1) is 6.10 Å². The van der Waals surface area contributed by atoms with Crippen LogP contribution in [0, 0.1) is 0 Å². The molecule has 1 aromatic carbocycles. The number of carbonyl (C=O) groups excluding carboxylic acids is 1. The van der Waals surface area contributed by atoms with Gasteiger partial charge in [0.1, 0.15) is 11.7 Å². The van der Waals surface area contributed by atoms with E-state index in [9.17, 15) is 20.1 Å². The van der Waals surface area contributed by atoms with Gasteiger partial charge in [0.15, 0.2) is 0 Å². The maximum absolute atomic E-state index is 11.5. The van der Waals surface area contributed by atoms with Gasteiger partial charge < -0.3 is 20.6 Å². The third-order valence-electron chi connectivity index (χ3n) is 5.58. The number of aliphatic hydroxyl groups is 3. The Morgan fingerprint density at radius 2 is 2.19 bits per heavy atom. The molecule has 6 nitrogen and oxygen atoms in total. The van der Waals surface area contributed by atoms with Gasteiger partial charge in [-0.3, -0.25) is 9.69 Å². The molecule has 0 saturated carbocycles. The van der Waals surface area contributed by atoms with Crippen LogP contribution < -0.4 is 5.32 Å². The quantitative estimate of drug-likeness (QED) is 0.639. The summed E-state index contributed by atoms with van der Waals surface area (Å²) in [7, 11) is 0. The number of carbonyl (C=O) groups is 1. The Labute approximate surface area is 162 Å². The Hall–Kier alpha value is -1.77. The number of nitrogens with zero attached hydrogens (tertiary/aromatic N) is 1. The van der Waals surface area contributed by atoms with Gasteiger partial charge in [-0.25, -0.2) is 0 Å². The van der Waals surface area contributed by atoms with Crippen molar-refractivity contribution < 1.29 is 20.1 Å². The number of fused-ring (bicyclic) bond motifs is 1. The maximum atomic E-state index is 11.5. The lowest BCUT2D eigenvalue weighted by Gasteiger charge is -2.42. The number of β-amino-alcohol motifs (C(OH)–C–C–N with tert-alkyl or cyclic N) is 2. The molecule has 7 heteroatoms. The molecule has 1 saturated heterocycles. The average molecular weight is 388 g/mol. The van der Waals surface area contributed by atoms with Crippen LogP contribution in [0.25, 0.3) is 0 Å². The lowest BCUT2D eigenvalue weighted by atomic mass is 9.87. The van der Waals surface area contributed by atoms with Crippen LogP contribution in [0.5, 0.6) is 0 Å². The van der Waals surface area contributed by atoms with E-state index < -0.39 is 17.8 Å². The average Bonchev–Trinajstić information content (AvgIpc) is 3.20. The molecule has 0 spiro atoms. The van der Waals surface area contributed by atoms with Crippen molar-refractivity contribution >= 4 is 22.9 Å². The highest BCUT2D eigenvalue weighted by atomic mass is 32.1. The van der Waals surface area contributed by atoms with Crippen molar-refractivity contribution in [2.45, 2.75) is 37.1 Å². The smallest absolute Gasteiger partial charge is 0.224 e. The fourth-order valence-corrected chi connectivity index (χ4v) is 4.82. The number of aliphatic hydroxyl groups excluding tert-OH is 2. The summed E-state index contributed by atoms with van der Waals surface area (Å²) in [6.07, 6.45) is -0.00850. The van der Waals surface area contributed by atoms with Gasteiger partial charge in [0.25, 0.3) is 0 Å². The van der Waals surface area contributed by atoms with E-state index in [2.05, 4.69) is 5.32 Å². The summed E-state index contributed by atoms with van der Waals surface area (Å²) in [5.41, 5.74) is 1.45. The lowest BCUT2D eigenvalue weighted by molar-refractivity contribution is -0.126. The highest BCUT2D eigenvalue weighted by molar-refractivity contribution is 7.10. The molecule has 2 aliphatic heterocycles. The number of nitrogens with one attached hydrogen (secondary N) is 1. The fraction of sp³-hybridized carbons (Fsp3) is 0.450. The van der Waals surface area contributed by atoms with E-state index >= 15 is 0 Å². The number of amides is 1. The van der Waals surface area contributed by atoms with Crippen LogP contribution >= 0.6 is 11.3 Å². The molecular weight excluding hydrogens is 364 g/mol. The van der Waals surface area contributed by atoms with Crippen molar-refractivity contribution in [3.63, 3.8) is 0 Å². The predicted octanol–water partition coefficient (Wildman–Crippen LogP) is 1.62. The molecule has 1 fully saturated rings. The topological polar surface area (TPSA) is 93.0 Å². The molecule has 144 valence electrons. The fourth-order valence-electron chi connectivity index (χ4n) is 3.92. The van der Waals surface area contributed by atoms with Crippen LogP contribution in [0.4, 0.5) is 5.69 Å². The second-order valence-corrected chi connectivity index (χ2v) is 8.36. The zero-order valence-corrected chi connectivity index (χ0v) is 15.8. The summed E-state index contributed by atoms with van der Waals surface area (Å²) in [6.45, 7) is 1.30. The second-order valence-electron chi connectivity index (χ2n) is 7.41. The summed E-state index contributed by atoms with van der Waals surface area (Å²) in [6, 6.07) is 9.34. The molecule has 3 heterocycles. The van der Waals surface area contributed by atoms with E-state index in [0.29, 0.717) is 38.9 Å². The van der Waals surface area contributed by atoms with Gasteiger partial charge in [-0.2, -0.15) is 0 Å². The van der Waals surface area contributed by atoms with E-state index in [1.165, 1.54) is 11.3 Å². The Balaban J connectivity index is 1.41. The van der Waals surface area contributed by atoms with Crippen molar-refractivity contribution in [2.75, 3.05) is 25.0 Å². The van der Waals surface area contributed by atoms with Crippen LogP contribution in [0.3, 0.4) is 0 Å². The van der Waals surface area contributed by atoms with E-state index in [-0.39, 0.29) is 5.91 Å². The second kappa shape index (κ2) is 7.33. The molecule has 2 unspecified atom stereocenters. The monoisotopic (exact) mass is 388 g/mol. The largest absolute Gasteiger partial charge is 0.388 e. The Kier molecular flexibility index (Phi) is 5.05. The van der Waals surface area contributed by atoms with Gasteiger partial charge in [-0.05, 0) is 41.5 Å². The molecule has 4 N–H and O–H groups in total. The molecule has 2 aromatic rings. The van der Waals surface area contributed by atoms with Crippen molar-refractivity contribution in [1.82, 2.24) is 4.90 Å². The van der Waals surface area contributed by atoms with Crippen molar-refractivity contribution in [3.8, 4) is 0 Å². The zero-order valence-electron chi connectivity index (χ0n) is 15.0. The van der Waals surface area contributed by atoms with E-state index in [4.69, 9.17) is 0 Å². The molecule has 0 radical (unpaired) electrons. The molecule has 1 amide bonds. The number of hydrogen-bond donors (Lipinski definition) is 4. The van der Waals surface area contributed by atoms with E-state index in [1.807, 2.05) is 40.6 Å². The minimum atomic E-state index is -1.21. The number of benzene rings is 1. The van der Waals surface area contributed by atoms with E-state index in [0.717, 1.165) is 21.7 Å². The standard InChI is InChI=1S/C20H24N2O4S/c23-16(14-3-5-15-13(10-14)4-6-19(25)21-15)11-22-8-7-20(26,17(24)12-22)18-2-1-9-27-18/h1-3,5,9-10,16-17,23-24,26H,4,6-8,11-12H2,(H,21,25)/t16-,17?,20?/m0/s1. The number of aryl methyl sites for hydroxylation is 1. The molecule has 27 heavy (non-hydrogen) atoms. The Bertz CT molecular complexity index is 825. The first kappa shape index (κ1) is 18.6. The van der Waals surface area contributed by atoms with Gasteiger partial charge >= 0.3 is 0 Å². The van der Waals surface area contributed by atoms with Gasteiger partial charge in [-0.15, -0.1) is 11.3 Å². The summed E-state index contributed by atoms with van der Waals surface area (Å²) < 4.78 is 0. The van der Waals surface area contributed by atoms with Crippen LogP contribution in [0.2, 0.25) is 0 Å². The molecule has 0 aliphatic carbocycles. The third-order valence-corrected chi connectivity index (χ3v) is 6.62. The highest BCUT2D eigenvalue weighted by Gasteiger charge is 2.43. The van der Waals surface area contributed by atoms with Crippen molar-refractivity contribution in [3.05, 3.63) is 51.7 Å². The number of hydrogen-bond acceptors (Lipinski definition) is 6. The summed E-state index contributed by atoms with van der Waals surface area (Å²) >= 11 is 1.45. The Morgan fingerprint density at radius 3 is 2.93 bits per heavy atom. The molecule has 4 rings (SSSR count). The van der Waals surface area contributed by atoms with E-state index in [1.54, 1.807) is 0 Å². The minimum Gasteiger partial charge on any atom is -0.388 e. The predicted molar refractivity (Wildman–Crippen MR) is 104 cm³/mol.